The van der Waals surface area contributed by atoms with Gasteiger partial charge in [0.15, 0.2) is 0 Å². The summed E-state index contributed by atoms with van der Waals surface area (Å²) < 4.78 is 6.80. The predicted molar refractivity (Wildman–Crippen MR) is 81.5 cm³/mol. The minimum absolute atomic E-state index is 0.293. The lowest BCUT2D eigenvalue weighted by Gasteiger charge is -2.35. The second kappa shape index (κ2) is 6.26. The number of rotatable bonds is 4. The molecule has 0 radical (unpaired) electrons. The fourth-order valence-corrected chi connectivity index (χ4v) is 3.09. The molecule has 1 aliphatic rings. The van der Waals surface area contributed by atoms with E-state index in [0.29, 0.717) is 4.75 Å². The molecule has 0 atom stereocenters. The summed E-state index contributed by atoms with van der Waals surface area (Å²) in [5.41, 5.74) is 1.21. The number of hydrogen-bond acceptors (Lipinski definition) is 4. The second-order valence-electron chi connectivity index (χ2n) is 4.67. The molecule has 0 aliphatic carbocycles. The van der Waals surface area contributed by atoms with Gasteiger partial charge in [-0.3, -0.25) is 0 Å². The van der Waals surface area contributed by atoms with E-state index in [9.17, 15) is 0 Å². The zero-order chi connectivity index (χ0) is 13.0. The first-order valence-electron chi connectivity index (χ1n) is 6.14. The van der Waals surface area contributed by atoms with Gasteiger partial charge in [-0.15, -0.1) is 0 Å². The van der Waals surface area contributed by atoms with Crippen molar-refractivity contribution in [2.24, 2.45) is 0 Å². The van der Waals surface area contributed by atoms with Gasteiger partial charge in [-0.25, -0.2) is 4.98 Å². The van der Waals surface area contributed by atoms with Gasteiger partial charge in [-0.05, 0) is 53.6 Å². The van der Waals surface area contributed by atoms with Crippen molar-refractivity contribution >= 4 is 33.5 Å². The van der Waals surface area contributed by atoms with Crippen LogP contribution in [-0.4, -0.2) is 35.7 Å². The molecule has 18 heavy (non-hydrogen) atoms. The molecule has 1 aliphatic heterocycles. The fourth-order valence-electron chi connectivity index (χ4n) is 2.08. The molecule has 1 saturated heterocycles. The molecular formula is C13H19BrN2OS. The van der Waals surface area contributed by atoms with Crippen molar-refractivity contribution in [3.05, 3.63) is 22.3 Å². The molecule has 2 rings (SSSR count). The molecule has 2 heterocycles. The third-order valence-electron chi connectivity index (χ3n) is 3.48. The molecule has 5 heteroatoms. The van der Waals surface area contributed by atoms with Crippen molar-refractivity contribution in [3.8, 4) is 0 Å². The largest absolute Gasteiger partial charge is 0.381 e. The molecule has 100 valence electrons. The Labute approximate surface area is 121 Å². The van der Waals surface area contributed by atoms with Gasteiger partial charge in [-0.1, -0.05) is 0 Å². The predicted octanol–water partition coefficient (Wildman–Crippen LogP) is 3.48. The van der Waals surface area contributed by atoms with Crippen LogP contribution < -0.4 is 5.32 Å². The molecule has 0 aromatic carbocycles. The Balaban J connectivity index is 1.98. The molecule has 0 spiro atoms. The van der Waals surface area contributed by atoms with Gasteiger partial charge in [0.05, 0.1) is 0 Å². The third kappa shape index (κ3) is 3.39. The number of anilines is 1. The van der Waals surface area contributed by atoms with Gasteiger partial charge in [0.25, 0.3) is 0 Å². The van der Waals surface area contributed by atoms with Gasteiger partial charge < -0.3 is 10.1 Å². The van der Waals surface area contributed by atoms with Crippen molar-refractivity contribution in [1.82, 2.24) is 4.98 Å². The van der Waals surface area contributed by atoms with E-state index in [1.165, 1.54) is 5.56 Å². The van der Waals surface area contributed by atoms with E-state index in [4.69, 9.17) is 4.74 Å². The molecule has 1 N–H and O–H groups in total. The van der Waals surface area contributed by atoms with Crippen LogP contribution in [0.5, 0.6) is 0 Å². The highest BCUT2D eigenvalue weighted by Gasteiger charge is 2.31. The molecule has 0 bridgehead atoms. The van der Waals surface area contributed by atoms with Crippen LogP contribution in [0.4, 0.5) is 5.82 Å². The first kappa shape index (κ1) is 14.2. The van der Waals surface area contributed by atoms with Gasteiger partial charge in [0.2, 0.25) is 0 Å². The SMILES string of the molecule is CSC1(CNc2cc(C)c(Br)cn2)CCOCC1. The Hall–Kier alpha value is -0.260. The summed E-state index contributed by atoms with van der Waals surface area (Å²) in [5.74, 6) is 0.954. The van der Waals surface area contributed by atoms with E-state index >= 15 is 0 Å². The monoisotopic (exact) mass is 330 g/mol. The summed E-state index contributed by atoms with van der Waals surface area (Å²) in [4.78, 5) is 4.39. The average Bonchev–Trinajstić information content (AvgIpc) is 2.41. The number of ether oxygens (including phenoxy) is 1. The number of hydrogen-bond donors (Lipinski definition) is 1. The van der Waals surface area contributed by atoms with Crippen molar-refractivity contribution in [2.75, 3.05) is 31.3 Å². The smallest absolute Gasteiger partial charge is 0.126 e. The Bertz CT molecular complexity index is 408. The number of pyridine rings is 1. The Kier molecular flexibility index (Phi) is 4.92. The molecular weight excluding hydrogens is 312 g/mol. The highest BCUT2D eigenvalue weighted by molar-refractivity contribution is 9.10. The highest BCUT2D eigenvalue weighted by Crippen LogP contribution is 2.33. The van der Waals surface area contributed by atoms with Gasteiger partial charge in [-0.2, -0.15) is 11.8 Å². The fraction of sp³-hybridized carbons (Fsp3) is 0.615. The zero-order valence-electron chi connectivity index (χ0n) is 10.8. The summed E-state index contributed by atoms with van der Waals surface area (Å²) in [5, 5.41) is 3.47. The number of halogens is 1. The van der Waals surface area contributed by atoms with Crippen molar-refractivity contribution < 1.29 is 4.74 Å². The van der Waals surface area contributed by atoms with Crippen molar-refractivity contribution in [1.29, 1.82) is 0 Å². The van der Waals surface area contributed by atoms with E-state index in [0.717, 1.165) is 42.9 Å². The van der Waals surface area contributed by atoms with Crippen LogP contribution in [0.25, 0.3) is 0 Å². The third-order valence-corrected chi connectivity index (χ3v) is 5.72. The molecule has 1 aromatic rings. The number of aryl methyl sites for hydroxylation is 1. The van der Waals surface area contributed by atoms with Gasteiger partial charge in [0.1, 0.15) is 5.82 Å². The lowest BCUT2D eigenvalue weighted by molar-refractivity contribution is 0.0802. The molecule has 0 unspecified atom stereocenters. The maximum absolute atomic E-state index is 5.45. The maximum Gasteiger partial charge on any atom is 0.126 e. The standard InChI is InChI=1S/C13H19BrN2OS/c1-10-7-12(15-8-11(10)14)16-9-13(18-2)3-5-17-6-4-13/h7-8H,3-6,9H2,1-2H3,(H,15,16). The molecule has 3 nitrogen and oxygen atoms in total. The van der Waals surface area contributed by atoms with E-state index < -0.39 is 0 Å². The van der Waals surface area contributed by atoms with Gasteiger partial charge >= 0.3 is 0 Å². The van der Waals surface area contributed by atoms with E-state index in [-0.39, 0.29) is 0 Å². The van der Waals surface area contributed by atoms with E-state index in [1.807, 2.05) is 18.0 Å². The minimum Gasteiger partial charge on any atom is -0.381 e. The lowest BCUT2D eigenvalue weighted by atomic mass is 9.99. The van der Waals surface area contributed by atoms with Gasteiger partial charge in [0, 0.05) is 35.2 Å². The second-order valence-corrected chi connectivity index (χ2v) is 6.80. The van der Waals surface area contributed by atoms with Crippen LogP contribution in [-0.2, 0) is 4.74 Å². The first-order chi connectivity index (χ1) is 8.65. The lowest BCUT2D eigenvalue weighted by Crippen LogP contribution is -2.39. The zero-order valence-corrected chi connectivity index (χ0v) is 13.2. The van der Waals surface area contributed by atoms with E-state index in [1.54, 1.807) is 0 Å². The quantitative estimate of drug-likeness (QED) is 0.916. The Morgan fingerprint density at radius 3 is 2.83 bits per heavy atom. The first-order valence-corrected chi connectivity index (χ1v) is 8.16. The van der Waals surface area contributed by atoms with Crippen LogP contribution in [0.3, 0.4) is 0 Å². The van der Waals surface area contributed by atoms with E-state index in [2.05, 4.69) is 45.5 Å². The van der Waals surface area contributed by atoms with Crippen LogP contribution >= 0.6 is 27.7 Å². The van der Waals surface area contributed by atoms with Crippen LogP contribution in [0.2, 0.25) is 0 Å². The summed E-state index contributed by atoms with van der Waals surface area (Å²) >= 11 is 5.41. The number of thioether (sulfide) groups is 1. The normalized spacial score (nSPS) is 18.6. The number of nitrogens with zero attached hydrogens (tertiary/aromatic N) is 1. The minimum atomic E-state index is 0.293. The summed E-state index contributed by atoms with van der Waals surface area (Å²) in [6.07, 6.45) is 6.26. The maximum atomic E-state index is 5.45. The number of aromatic nitrogens is 1. The average molecular weight is 331 g/mol. The summed E-state index contributed by atoms with van der Waals surface area (Å²) in [6.45, 7) is 4.77. The summed E-state index contributed by atoms with van der Waals surface area (Å²) in [7, 11) is 0. The molecule has 0 amide bonds. The molecule has 0 saturated carbocycles. The Morgan fingerprint density at radius 1 is 1.50 bits per heavy atom. The molecule has 1 fully saturated rings. The van der Waals surface area contributed by atoms with Crippen LogP contribution in [0, 0.1) is 6.92 Å². The van der Waals surface area contributed by atoms with Crippen molar-refractivity contribution in [2.45, 2.75) is 24.5 Å². The molecule has 1 aromatic heterocycles. The topological polar surface area (TPSA) is 34.2 Å². The highest BCUT2D eigenvalue weighted by atomic mass is 79.9. The number of nitrogens with one attached hydrogen (secondary N) is 1. The Morgan fingerprint density at radius 2 is 2.22 bits per heavy atom. The van der Waals surface area contributed by atoms with Crippen LogP contribution in [0.1, 0.15) is 18.4 Å². The van der Waals surface area contributed by atoms with Crippen molar-refractivity contribution in [3.63, 3.8) is 0 Å². The van der Waals surface area contributed by atoms with Crippen LogP contribution in [0.15, 0.2) is 16.7 Å². The summed E-state index contributed by atoms with van der Waals surface area (Å²) in [6, 6.07) is 2.08.